The minimum atomic E-state index is 0.895. The Kier molecular flexibility index (Phi) is 9.89. The van der Waals surface area contributed by atoms with Crippen molar-refractivity contribution < 1.29 is 4.42 Å². The largest absolute Gasteiger partial charge is 0.456 e. The van der Waals surface area contributed by atoms with E-state index in [4.69, 9.17) is 4.42 Å². The van der Waals surface area contributed by atoms with Crippen LogP contribution in [0.25, 0.3) is 126 Å². The number of nitrogens with zero attached hydrogens (tertiary/aromatic N) is 2. The molecule has 75 heavy (non-hydrogen) atoms. The van der Waals surface area contributed by atoms with Crippen molar-refractivity contribution in [2.45, 2.75) is 0 Å². The summed E-state index contributed by atoms with van der Waals surface area (Å²) in [5, 5.41) is 12.3. The van der Waals surface area contributed by atoms with Crippen LogP contribution >= 0.6 is 0 Å². The van der Waals surface area contributed by atoms with Crippen LogP contribution in [0.2, 0.25) is 0 Å². The van der Waals surface area contributed by atoms with Crippen LogP contribution in [0.4, 0.5) is 17.1 Å². The minimum absolute atomic E-state index is 0.895. The lowest BCUT2D eigenvalue weighted by Gasteiger charge is -2.27. The maximum Gasteiger partial charge on any atom is 0.136 e. The van der Waals surface area contributed by atoms with E-state index in [0.29, 0.717) is 0 Å². The van der Waals surface area contributed by atoms with Crippen LogP contribution in [0.3, 0.4) is 0 Å². The third-order valence-electron chi connectivity index (χ3n) is 15.4. The van der Waals surface area contributed by atoms with E-state index in [1.807, 2.05) is 12.1 Å². The minimum Gasteiger partial charge on any atom is -0.456 e. The first kappa shape index (κ1) is 42.7. The van der Waals surface area contributed by atoms with E-state index in [1.54, 1.807) is 0 Å². The number of fused-ring (bicyclic) bond motifs is 12. The maximum atomic E-state index is 6.34. The summed E-state index contributed by atoms with van der Waals surface area (Å²) in [6.07, 6.45) is 0. The van der Waals surface area contributed by atoms with Crippen molar-refractivity contribution >= 4 is 93.1 Å². The molecule has 0 saturated heterocycles. The fourth-order valence-corrected chi connectivity index (χ4v) is 11.8. The van der Waals surface area contributed by atoms with Gasteiger partial charge in [-0.25, -0.2) is 0 Å². The molecule has 0 atom stereocenters. The molecule has 3 heteroatoms. The van der Waals surface area contributed by atoms with Crippen LogP contribution in [0.5, 0.6) is 0 Å². The van der Waals surface area contributed by atoms with Gasteiger partial charge in [0.25, 0.3) is 0 Å². The molecule has 2 heterocycles. The molecule has 2 aromatic heterocycles. The van der Waals surface area contributed by atoms with Gasteiger partial charge in [-0.1, -0.05) is 200 Å². The summed E-state index contributed by atoms with van der Waals surface area (Å²) < 4.78 is 8.72. The number of furan rings is 1. The first-order valence-corrected chi connectivity index (χ1v) is 25.7. The van der Waals surface area contributed by atoms with Crippen molar-refractivity contribution in [3.63, 3.8) is 0 Å². The summed E-state index contributed by atoms with van der Waals surface area (Å²) in [6, 6.07) is 101. The highest BCUT2D eigenvalue weighted by molar-refractivity contribution is 6.26. The van der Waals surface area contributed by atoms with Gasteiger partial charge in [0.2, 0.25) is 0 Å². The Morgan fingerprint density at radius 2 is 0.667 bits per heavy atom. The van der Waals surface area contributed by atoms with Gasteiger partial charge in [0.05, 0.1) is 11.0 Å². The second-order valence-corrected chi connectivity index (χ2v) is 19.6. The van der Waals surface area contributed by atoms with E-state index in [9.17, 15) is 0 Å². The Morgan fingerprint density at radius 1 is 0.240 bits per heavy atom. The second kappa shape index (κ2) is 17.4. The van der Waals surface area contributed by atoms with Gasteiger partial charge in [-0.2, -0.15) is 0 Å². The lowest BCUT2D eigenvalue weighted by molar-refractivity contribution is 0.669. The molecular weight excluding hydrogens is 909 g/mol. The zero-order chi connectivity index (χ0) is 49.4. The molecule has 0 spiro atoms. The van der Waals surface area contributed by atoms with Gasteiger partial charge < -0.3 is 13.9 Å². The van der Waals surface area contributed by atoms with Crippen molar-refractivity contribution in [2.75, 3.05) is 4.90 Å². The highest BCUT2D eigenvalue weighted by atomic mass is 16.3. The van der Waals surface area contributed by atoms with E-state index in [0.717, 1.165) is 66.9 Å². The summed E-state index contributed by atoms with van der Waals surface area (Å²) in [7, 11) is 0. The van der Waals surface area contributed by atoms with Crippen LogP contribution in [-0.4, -0.2) is 4.57 Å². The van der Waals surface area contributed by atoms with Gasteiger partial charge in [-0.3, -0.25) is 0 Å². The number of benzene rings is 13. The Hall–Kier alpha value is -9.96. The standard InChI is InChI=1S/C72H46N2O/c1-2-17-58(52-36-42-67-66-24-9-12-27-71(66)75-72(67)45-52)57(16-1)50-34-39-54(40-35-50)73(56-41-43-63-61-20-4-3-18-59(61)60-19-5-6-21-62(60)68(63)46-56)53-37-32-48(33-38-53)47-28-30-49(31-29-47)51-14-13-15-55(44-51)74-69-25-10-7-22-64(69)65-23-8-11-26-70(65)74/h1-46H. The van der Waals surface area contributed by atoms with Crippen LogP contribution in [0, 0.1) is 0 Å². The van der Waals surface area contributed by atoms with Crippen LogP contribution in [0.1, 0.15) is 0 Å². The summed E-state index contributed by atoms with van der Waals surface area (Å²) >= 11 is 0. The molecule has 0 N–H and O–H groups in total. The normalized spacial score (nSPS) is 11.7. The molecule has 0 radical (unpaired) electrons. The molecule has 15 aromatic rings. The Bertz CT molecular complexity index is 4610. The van der Waals surface area contributed by atoms with Gasteiger partial charge in [0, 0.05) is 44.3 Å². The number of hydrogen-bond donors (Lipinski definition) is 0. The number of rotatable bonds is 8. The molecule has 0 amide bonds. The smallest absolute Gasteiger partial charge is 0.136 e. The molecule has 15 rings (SSSR count). The molecule has 13 aromatic carbocycles. The average molecular weight is 955 g/mol. The Morgan fingerprint density at radius 3 is 1.29 bits per heavy atom. The molecule has 0 bridgehead atoms. The monoisotopic (exact) mass is 954 g/mol. The quantitative estimate of drug-likeness (QED) is 0.142. The van der Waals surface area contributed by atoms with E-state index in [1.165, 1.54) is 76.4 Å². The predicted molar refractivity (Wildman–Crippen MR) is 317 cm³/mol. The molecule has 0 aliphatic carbocycles. The number of aromatic nitrogens is 1. The predicted octanol–water partition coefficient (Wildman–Crippen LogP) is 20.3. The highest BCUT2D eigenvalue weighted by Crippen LogP contribution is 2.43. The fraction of sp³-hybridized carbons (Fsp3) is 0. The van der Waals surface area contributed by atoms with E-state index < -0.39 is 0 Å². The van der Waals surface area contributed by atoms with Crippen molar-refractivity contribution in [2.24, 2.45) is 0 Å². The van der Waals surface area contributed by atoms with Crippen molar-refractivity contribution in [3.8, 4) is 50.2 Å². The highest BCUT2D eigenvalue weighted by Gasteiger charge is 2.19. The van der Waals surface area contributed by atoms with Crippen LogP contribution < -0.4 is 4.90 Å². The topological polar surface area (TPSA) is 21.3 Å². The van der Waals surface area contributed by atoms with E-state index >= 15 is 0 Å². The summed E-state index contributed by atoms with van der Waals surface area (Å²) in [6.45, 7) is 0. The molecular formula is C72H46N2O. The first-order chi connectivity index (χ1) is 37.2. The Labute approximate surface area is 434 Å². The second-order valence-electron chi connectivity index (χ2n) is 19.6. The molecule has 350 valence electrons. The van der Waals surface area contributed by atoms with Gasteiger partial charge >= 0.3 is 0 Å². The molecule has 0 saturated carbocycles. The SMILES string of the molecule is c1cc(-c2ccc(-c3ccc(N(c4ccc(-c5ccccc5-c5ccc6c(c5)oc5ccccc56)cc4)c4ccc5c6ccccc6c6ccccc6c5c4)cc3)cc2)cc(-n2c3ccccc3c3ccccc32)c1. The molecule has 0 unspecified atom stereocenters. The Balaban J connectivity index is 0.794. The number of para-hydroxylation sites is 3. The fourth-order valence-electron chi connectivity index (χ4n) is 11.8. The zero-order valence-electron chi connectivity index (χ0n) is 40.9. The zero-order valence-corrected chi connectivity index (χ0v) is 40.9. The summed E-state index contributed by atoms with van der Waals surface area (Å²) in [5.41, 5.74) is 17.9. The average Bonchev–Trinajstić information content (AvgIpc) is 4.05. The van der Waals surface area contributed by atoms with Crippen LogP contribution in [-0.2, 0) is 0 Å². The third kappa shape index (κ3) is 7.12. The maximum absolute atomic E-state index is 6.34. The van der Waals surface area contributed by atoms with Crippen molar-refractivity contribution in [1.29, 1.82) is 0 Å². The molecule has 0 aliphatic heterocycles. The van der Waals surface area contributed by atoms with Gasteiger partial charge in [-0.15, -0.1) is 0 Å². The van der Waals surface area contributed by atoms with Crippen molar-refractivity contribution in [3.05, 3.63) is 279 Å². The van der Waals surface area contributed by atoms with E-state index in [-0.39, 0.29) is 0 Å². The van der Waals surface area contributed by atoms with E-state index in [2.05, 4.69) is 276 Å². The third-order valence-corrected chi connectivity index (χ3v) is 15.4. The number of hydrogen-bond acceptors (Lipinski definition) is 2. The molecule has 3 nitrogen and oxygen atoms in total. The van der Waals surface area contributed by atoms with Gasteiger partial charge in [-0.05, 0) is 156 Å². The van der Waals surface area contributed by atoms with Gasteiger partial charge in [0.15, 0.2) is 0 Å². The summed E-state index contributed by atoms with van der Waals surface area (Å²) in [5.74, 6) is 0. The number of anilines is 3. The molecule has 0 aliphatic rings. The summed E-state index contributed by atoms with van der Waals surface area (Å²) in [4.78, 5) is 2.39. The molecule has 0 fully saturated rings. The van der Waals surface area contributed by atoms with Crippen LogP contribution in [0.15, 0.2) is 283 Å². The van der Waals surface area contributed by atoms with Gasteiger partial charge in [0.1, 0.15) is 11.2 Å². The lowest BCUT2D eigenvalue weighted by Crippen LogP contribution is -2.10. The lowest BCUT2D eigenvalue weighted by atomic mass is 9.93. The van der Waals surface area contributed by atoms with Crippen molar-refractivity contribution in [1.82, 2.24) is 4.57 Å². The first-order valence-electron chi connectivity index (χ1n) is 25.7.